The van der Waals surface area contributed by atoms with E-state index in [1.54, 1.807) is 12.2 Å². The Morgan fingerprint density at radius 1 is 0.482 bits per heavy atom. The molecule has 0 saturated heterocycles. The fraction of sp³-hybridized carbons (Fsp3) is 0.0769. The summed E-state index contributed by atoms with van der Waals surface area (Å²) < 4.78 is 8.87. The first kappa shape index (κ1) is 36.0. The van der Waals surface area contributed by atoms with Crippen molar-refractivity contribution in [1.29, 1.82) is 0 Å². The smallest absolute Gasteiger partial charge is 0.169 e. The lowest BCUT2D eigenvalue weighted by Gasteiger charge is -2.11. The van der Waals surface area contributed by atoms with E-state index in [0.717, 1.165) is 66.6 Å². The number of para-hydroxylation sites is 1. The average molecular weight is 726 g/mol. The molecular formula is C52H43N3O. The molecular weight excluding hydrogens is 683 g/mol. The number of benzene rings is 7. The summed E-state index contributed by atoms with van der Waals surface area (Å²) in [5, 5.41) is 15.1. The molecule has 0 aliphatic rings. The van der Waals surface area contributed by atoms with E-state index in [-0.39, 0.29) is 0 Å². The van der Waals surface area contributed by atoms with Crippen LogP contribution in [-0.2, 0) is 0 Å². The molecule has 0 N–H and O–H groups in total. The second-order valence-corrected chi connectivity index (χ2v) is 13.7. The number of aromatic nitrogens is 3. The molecule has 272 valence electrons. The SMILES string of the molecule is C=CC=C.CC.Cc1ccc(-c2ccc3oc4c(-c5ccc(-c6nnc7c8ccccc8c8ccccc8n67)cc5)cc(-c5ccc(C)cc5)cc4c3c2)cc1. The normalized spacial score (nSPS) is 11.0. The number of pyridine rings is 1. The average Bonchev–Trinajstić information content (AvgIpc) is 3.87. The Kier molecular flexibility index (Phi) is 9.87. The van der Waals surface area contributed by atoms with Gasteiger partial charge in [-0.25, -0.2) is 0 Å². The summed E-state index contributed by atoms with van der Waals surface area (Å²) >= 11 is 0. The standard InChI is InChI=1S/C46H31N3O.C4H6.C2H6/c1-28-11-15-30(16-12-28)34-23-24-43-40(25-34)41-27-35(31-17-13-29(2)14-18-31)26-39(44(41)50-43)32-19-21-33(22-20-32)45-47-48-46-38-9-4-3-7-36(38)37-8-5-6-10-42(37)49(45)46;1-3-4-2;1-2/h3-27H,1-2H3;3-4H,1-2H2;1-2H3. The van der Waals surface area contributed by atoms with Crippen LogP contribution in [0.4, 0.5) is 0 Å². The number of hydrogen-bond acceptors (Lipinski definition) is 3. The monoisotopic (exact) mass is 725 g/mol. The summed E-state index contributed by atoms with van der Waals surface area (Å²) in [6.07, 6.45) is 3.28. The van der Waals surface area contributed by atoms with Gasteiger partial charge in [-0.2, -0.15) is 0 Å². The maximum atomic E-state index is 6.68. The predicted molar refractivity (Wildman–Crippen MR) is 238 cm³/mol. The quantitative estimate of drug-likeness (QED) is 0.131. The minimum absolute atomic E-state index is 0.819. The van der Waals surface area contributed by atoms with Gasteiger partial charge in [0.1, 0.15) is 11.2 Å². The lowest BCUT2D eigenvalue weighted by Crippen LogP contribution is -1.94. The Bertz CT molecular complexity index is 3010. The Hall–Kier alpha value is -7.04. The molecule has 4 nitrogen and oxygen atoms in total. The molecule has 0 amide bonds. The van der Waals surface area contributed by atoms with Gasteiger partial charge in [-0.3, -0.25) is 4.40 Å². The van der Waals surface area contributed by atoms with Gasteiger partial charge < -0.3 is 4.42 Å². The van der Waals surface area contributed by atoms with Gasteiger partial charge in [0, 0.05) is 32.7 Å². The Morgan fingerprint density at radius 2 is 1.02 bits per heavy atom. The zero-order valence-electron chi connectivity index (χ0n) is 32.3. The van der Waals surface area contributed by atoms with Crippen molar-refractivity contribution in [3.05, 3.63) is 188 Å². The third-order valence-electron chi connectivity index (χ3n) is 10.2. The molecule has 7 aromatic carbocycles. The van der Waals surface area contributed by atoms with Gasteiger partial charge in [-0.1, -0.05) is 172 Å². The van der Waals surface area contributed by atoms with Crippen LogP contribution in [0.25, 0.3) is 94.0 Å². The van der Waals surface area contributed by atoms with Gasteiger partial charge in [0.05, 0.1) is 5.52 Å². The Labute approximate surface area is 327 Å². The van der Waals surface area contributed by atoms with Crippen LogP contribution in [0.15, 0.2) is 181 Å². The molecule has 0 aliphatic heterocycles. The molecule has 0 fully saturated rings. The van der Waals surface area contributed by atoms with Crippen LogP contribution in [0.1, 0.15) is 25.0 Å². The van der Waals surface area contributed by atoms with E-state index in [4.69, 9.17) is 14.6 Å². The number of aryl methyl sites for hydroxylation is 2. The highest BCUT2D eigenvalue weighted by molar-refractivity contribution is 6.13. The lowest BCUT2D eigenvalue weighted by molar-refractivity contribution is 0.670. The van der Waals surface area contributed by atoms with Crippen LogP contribution in [0.2, 0.25) is 0 Å². The molecule has 10 aromatic rings. The van der Waals surface area contributed by atoms with E-state index in [2.05, 4.69) is 183 Å². The third-order valence-corrected chi connectivity index (χ3v) is 10.2. The molecule has 0 saturated carbocycles. The van der Waals surface area contributed by atoms with Gasteiger partial charge in [-0.15, -0.1) is 10.2 Å². The predicted octanol–water partition coefficient (Wildman–Crippen LogP) is 14.6. The summed E-state index contributed by atoms with van der Waals surface area (Å²) in [6.45, 7) is 15.0. The molecule has 10 rings (SSSR count). The number of nitrogens with zero attached hydrogens (tertiary/aromatic N) is 3. The largest absolute Gasteiger partial charge is 0.455 e. The lowest BCUT2D eigenvalue weighted by atomic mass is 9.94. The van der Waals surface area contributed by atoms with Crippen LogP contribution < -0.4 is 0 Å². The summed E-state index contributed by atoms with van der Waals surface area (Å²) in [7, 11) is 0. The first-order chi connectivity index (χ1) is 27.5. The van der Waals surface area contributed by atoms with Crippen molar-refractivity contribution in [2.45, 2.75) is 27.7 Å². The fourth-order valence-corrected chi connectivity index (χ4v) is 7.41. The van der Waals surface area contributed by atoms with Crippen LogP contribution in [-0.4, -0.2) is 14.6 Å². The molecule has 0 bridgehead atoms. The first-order valence-corrected chi connectivity index (χ1v) is 19.1. The molecule has 0 radical (unpaired) electrons. The molecule has 3 aromatic heterocycles. The minimum atomic E-state index is 0.819. The van der Waals surface area contributed by atoms with Gasteiger partial charge in [0.25, 0.3) is 0 Å². The van der Waals surface area contributed by atoms with Gasteiger partial charge in [-0.05, 0) is 77.4 Å². The van der Waals surface area contributed by atoms with E-state index >= 15 is 0 Å². The number of furan rings is 1. The molecule has 0 spiro atoms. The number of hydrogen-bond donors (Lipinski definition) is 0. The maximum Gasteiger partial charge on any atom is 0.169 e. The van der Waals surface area contributed by atoms with Crippen LogP contribution >= 0.6 is 0 Å². The molecule has 0 atom stereocenters. The zero-order valence-corrected chi connectivity index (χ0v) is 32.3. The first-order valence-electron chi connectivity index (χ1n) is 19.1. The third kappa shape index (κ3) is 6.46. The van der Waals surface area contributed by atoms with E-state index in [0.29, 0.717) is 0 Å². The summed E-state index contributed by atoms with van der Waals surface area (Å²) in [5.41, 5.74) is 14.0. The number of rotatable bonds is 5. The molecule has 56 heavy (non-hydrogen) atoms. The van der Waals surface area contributed by atoms with Crippen molar-refractivity contribution in [1.82, 2.24) is 14.6 Å². The highest BCUT2D eigenvalue weighted by atomic mass is 16.3. The summed E-state index contributed by atoms with van der Waals surface area (Å²) in [5.74, 6) is 0.819. The molecule has 0 aliphatic carbocycles. The summed E-state index contributed by atoms with van der Waals surface area (Å²) in [4.78, 5) is 0. The Balaban J connectivity index is 0.000000694. The topological polar surface area (TPSA) is 43.3 Å². The molecule has 3 heterocycles. The summed E-state index contributed by atoms with van der Waals surface area (Å²) in [6, 6.07) is 54.1. The van der Waals surface area contributed by atoms with E-state index in [9.17, 15) is 0 Å². The Morgan fingerprint density at radius 3 is 1.68 bits per heavy atom. The van der Waals surface area contributed by atoms with Crippen LogP contribution in [0.5, 0.6) is 0 Å². The van der Waals surface area contributed by atoms with E-state index in [1.807, 2.05) is 13.8 Å². The molecule has 0 unspecified atom stereocenters. The fourth-order valence-electron chi connectivity index (χ4n) is 7.41. The van der Waals surface area contributed by atoms with Crippen molar-refractivity contribution in [2.75, 3.05) is 0 Å². The second kappa shape index (κ2) is 15.4. The van der Waals surface area contributed by atoms with Crippen molar-refractivity contribution in [2.24, 2.45) is 0 Å². The van der Waals surface area contributed by atoms with Gasteiger partial charge >= 0.3 is 0 Å². The van der Waals surface area contributed by atoms with Gasteiger partial charge in [0.2, 0.25) is 0 Å². The van der Waals surface area contributed by atoms with E-state index < -0.39 is 0 Å². The highest BCUT2D eigenvalue weighted by Gasteiger charge is 2.18. The van der Waals surface area contributed by atoms with Crippen molar-refractivity contribution >= 4 is 49.3 Å². The second-order valence-electron chi connectivity index (χ2n) is 13.7. The molecule has 4 heteroatoms. The van der Waals surface area contributed by atoms with Crippen molar-refractivity contribution in [3.63, 3.8) is 0 Å². The zero-order chi connectivity index (χ0) is 38.8. The number of fused-ring (bicyclic) bond motifs is 9. The highest BCUT2D eigenvalue weighted by Crippen LogP contribution is 2.41. The van der Waals surface area contributed by atoms with E-state index in [1.165, 1.54) is 38.6 Å². The van der Waals surface area contributed by atoms with Crippen molar-refractivity contribution in [3.8, 4) is 44.8 Å². The van der Waals surface area contributed by atoms with Gasteiger partial charge in [0.15, 0.2) is 11.5 Å². The maximum absolute atomic E-state index is 6.68. The number of allylic oxidation sites excluding steroid dienone is 2. The van der Waals surface area contributed by atoms with Crippen molar-refractivity contribution < 1.29 is 4.42 Å². The minimum Gasteiger partial charge on any atom is -0.455 e. The van der Waals surface area contributed by atoms with Crippen LogP contribution in [0, 0.1) is 13.8 Å². The van der Waals surface area contributed by atoms with Crippen LogP contribution in [0.3, 0.4) is 0 Å².